The number of nitrogens with zero attached hydrogens (tertiary/aromatic N) is 2. The second kappa shape index (κ2) is 3.64. The summed E-state index contributed by atoms with van der Waals surface area (Å²) in [5.41, 5.74) is 1.50. The van der Waals surface area contributed by atoms with E-state index in [4.69, 9.17) is 11.6 Å². The summed E-state index contributed by atoms with van der Waals surface area (Å²) in [5.74, 6) is 0.0508. The van der Waals surface area contributed by atoms with E-state index in [-0.39, 0.29) is 5.75 Å². The van der Waals surface area contributed by atoms with E-state index in [0.29, 0.717) is 10.7 Å². The van der Waals surface area contributed by atoms with Gasteiger partial charge in [-0.1, -0.05) is 17.7 Å². The summed E-state index contributed by atoms with van der Waals surface area (Å²) in [5, 5.41) is 9.71. The summed E-state index contributed by atoms with van der Waals surface area (Å²) in [4.78, 5) is 8.04. The molecule has 2 rings (SSSR count). The van der Waals surface area contributed by atoms with Gasteiger partial charge >= 0.3 is 0 Å². The molecule has 0 spiro atoms. The van der Waals surface area contributed by atoms with Crippen LogP contribution in [0.15, 0.2) is 36.8 Å². The molecule has 1 aromatic carbocycles. The van der Waals surface area contributed by atoms with Gasteiger partial charge in [0.25, 0.3) is 0 Å². The molecule has 0 saturated carbocycles. The molecule has 0 fully saturated rings. The van der Waals surface area contributed by atoms with Crippen LogP contribution >= 0.6 is 11.6 Å². The third kappa shape index (κ3) is 1.67. The van der Waals surface area contributed by atoms with Gasteiger partial charge in [-0.2, -0.15) is 0 Å². The van der Waals surface area contributed by atoms with Gasteiger partial charge < -0.3 is 5.11 Å². The highest BCUT2D eigenvalue weighted by molar-refractivity contribution is 6.32. The van der Waals surface area contributed by atoms with Crippen LogP contribution in [0.2, 0.25) is 5.02 Å². The molecule has 0 amide bonds. The molecule has 0 unspecified atom stereocenters. The first-order valence-electron chi connectivity index (χ1n) is 4.02. The molecule has 70 valence electrons. The average Bonchev–Trinajstić information content (AvgIpc) is 2.23. The van der Waals surface area contributed by atoms with E-state index in [1.807, 2.05) is 0 Å². The summed E-state index contributed by atoms with van der Waals surface area (Å²) < 4.78 is 0. The van der Waals surface area contributed by atoms with Crippen molar-refractivity contribution in [2.24, 2.45) is 0 Å². The predicted molar refractivity (Wildman–Crippen MR) is 54.1 cm³/mol. The Kier molecular flexibility index (Phi) is 2.33. The Hall–Kier alpha value is -1.61. The maximum absolute atomic E-state index is 9.38. The second-order valence-corrected chi connectivity index (χ2v) is 3.16. The first-order valence-corrected chi connectivity index (χ1v) is 4.40. The van der Waals surface area contributed by atoms with E-state index in [1.54, 1.807) is 36.8 Å². The van der Waals surface area contributed by atoms with Gasteiger partial charge in [0.1, 0.15) is 5.75 Å². The monoisotopic (exact) mass is 206 g/mol. The van der Waals surface area contributed by atoms with Crippen LogP contribution in [0, 0.1) is 0 Å². The number of rotatable bonds is 1. The van der Waals surface area contributed by atoms with Gasteiger partial charge in [-0.15, -0.1) is 0 Å². The molecule has 0 atom stereocenters. The third-order valence-electron chi connectivity index (χ3n) is 1.81. The molecule has 0 aliphatic rings. The van der Waals surface area contributed by atoms with Crippen LogP contribution < -0.4 is 0 Å². The van der Waals surface area contributed by atoms with Crippen LogP contribution in [0.3, 0.4) is 0 Å². The molecule has 0 aliphatic heterocycles. The van der Waals surface area contributed by atoms with Crippen LogP contribution in [-0.4, -0.2) is 15.1 Å². The Morgan fingerprint density at radius 1 is 1.21 bits per heavy atom. The minimum atomic E-state index is 0.0508. The van der Waals surface area contributed by atoms with E-state index in [0.717, 1.165) is 5.56 Å². The van der Waals surface area contributed by atoms with E-state index in [9.17, 15) is 5.11 Å². The molecule has 0 saturated heterocycles. The lowest BCUT2D eigenvalue weighted by Crippen LogP contribution is -1.83. The minimum absolute atomic E-state index is 0.0508. The summed E-state index contributed by atoms with van der Waals surface area (Å²) in [7, 11) is 0. The standard InChI is InChI=1S/C10H7ClN2O/c11-8-2-1-7(5-10(8)14)9-6-12-3-4-13-9/h1-6,14H. The molecule has 0 aliphatic carbocycles. The number of phenols is 1. The number of aromatic hydroxyl groups is 1. The predicted octanol–water partition coefficient (Wildman–Crippen LogP) is 2.50. The number of hydrogen-bond donors (Lipinski definition) is 1. The summed E-state index contributed by atoms with van der Waals surface area (Å²) in [6.45, 7) is 0. The smallest absolute Gasteiger partial charge is 0.134 e. The molecule has 4 heteroatoms. The number of halogens is 1. The van der Waals surface area contributed by atoms with Crippen molar-refractivity contribution in [3.05, 3.63) is 41.8 Å². The fourth-order valence-electron chi connectivity index (χ4n) is 1.12. The number of aromatic nitrogens is 2. The van der Waals surface area contributed by atoms with Crippen LogP contribution in [0.1, 0.15) is 0 Å². The lowest BCUT2D eigenvalue weighted by atomic mass is 10.1. The second-order valence-electron chi connectivity index (χ2n) is 2.76. The molecule has 1 heterocycles. The lowest BCUT2D eigenvalue weighted by molar-refractivity contribution is 0.476. The van der Waals surface area contributed by atoms with Gasteiger partial charge in [0.15, 0.2) is 0 Å². The van der Waals surface area contributed by atoms with Crippen LogP contribution in [0.4, 0.5) is 0 Å². The molecular weight excluding hydrogens is 200 g/mol. The normalized spacial score (nSPS) is 10.1. The van der Waals surface area contributed by atoms with Crippen molar-refractivity contribution in [3.63, 3.8) is 0 Å². The first kappa shape index (κ1) is 8.97. The molecular formula is C10H7ClN2O. The molecule has 14 heavy (non-hydrogen) atoms. The molecule has 0 bridgehead atoms. The average molecular weight is 207 g/mol. The maximum Gasteiger partial charge on any atom is 0.134 e. The van der Waals surface area contributed by atoms with E-state index >= 15 is 0 Å². The number of hydrogen-bond acceptors (Lipinski definition) is 3. The highest BCUT2D eigenvalue weighted by Crippen LogP contribution is 2.27. The number of phenolic OH excluding ortho intramolecular Hbond substituents is 1. The highest BCUT2D eigenvalue weighted by atomic mass is 35.5. The van der Waals surface area contributed by atoms with Crippen molar-refractivity contribution in [3.8, 4) is 17.0 Å². The van der Waals surface area contributed by atoms with Crippen molar-refractivity contribution in [1.29, 1.82) is 0 Å². The SMILES string of the molecule is Oc1cc(-c2cnccn2)ccc1Cl. The number of benzene rings is 1. The molecule has 1 N–H and O–H groups in total. The Morgan fingerprint density at radius 2 is 2.07 bits per heavy atom. The first-order chi connectivity index (χ1) is 6.77. The van der Waals surface area contributed by atoms with Crippen molar-refractivity contribution < 1.29 is 5.11 Å². The fraction of sp³-hybridized carbons (Fsp3) is 0. The van der Waals surface area contributed by atoms with E-state index in [1.165, 1.54) is 0 Å². The summed E-state index contributed by atoms with van der Waals surface area (Å²) >= 11 is 5.68. The Morgan fingerprint density at radius 3 is 2.71 bits per heavy atom. The van der Waals surface area contributed by atoms with Crippen LogP contribution in [0.5, 0.6) is 5.75 Å². The molecule has 2 aromatic rings. The van der Waals surface area contributed by atoms with Gasteiger partial charge in [0.05, 0.1) is 16.9 Å². The zero-order chi connectivity index (χ0) is 9.97. The van der Waals surface area contributed by atoms with Gasteiger partial charge in [-0.25, -0.2) is 0 Å². The van der Waals surface area contributed by atoms with Crippen molar-refractivity contribution in [2.45, 2.75) is 0 Å². The summed E-state index contributed by atoms with van der Waals surface area (Å²) in [6.07, 6.45) is 4.82. The molecule has 0 radical (unpaired) electrons. The van der Waals surface area contributed by atoms with E-state index < -0.39 is 0 Å². The highest BCUT2D eigenvalue weighted by Gasteiger charge is 2.02. The quantitative estimate of drug-likeness (QED) is 0.780. The van der Waals surface area contributed by atoms with Crippen molar-refractivity contribution in [2.75, 3.05) is 0 Å². The topological polar surface area (TPSA) is 46.0 Å². The molecule has 3 nitrogen and oxygen atoms in total. The van der Waals surface area contributed by atoms with Gasteiger partial charge in [0, 0.05) is 18.0 Å². The van der Waals surface area contributed by atoms with Crippen molar-refractivity contribution >= 4 is 11.6 Å². The Labute approximate surface area is 86.0 Å². The van der Waals surface area contributed by atoms with E-state index in [2.05, 4.69) is 9.97 Å². The summed E-state index contributed by atoms with van der Waals surface area (Å²) in [6, 6.07) is 4.97. The van der Waals surface area contributed by atoms with Gasteiger partial charge in [-0.05, 0) is 12.1 Å². The zero-order valence-corrected chi connectivity index (χ0v) is 7.94. The minimum Gasteiger partial charge on any atom is -0.506 e. The fourth-order valence-corrected chi connectivity index (χ4v) is 1.24. The largest absolute Gasteiger partial charge is 0.506 e. The van der Waals surface area contributed by atoms with Gasteiger partial charge in [0.2, 0.25) is 0 Å². The third-order valence-corrected chi connectivity index (χ3v) is 2.12. The molecule has 1 aromatic heterocycles. The lowest BCUT2D eigenvalue weighted by Gasteiger charge is -2.01. The van der Waals surface area contributed by atoms with Crippen LogP contribution in [-0.2, 0) is 0 Å². The van der Waals surface area contributed by atoms with Gasteiger partial charge in [-0.3, -0.25) is 9.97 Å². The maximum atomic E-state index is 9.38. The zero-order valence-electron chi connectivity index (χ0n) is 7.18. The van der Waals surface area contributed by atoms with Crippen molar-refractivity contribution in [1.82, 2.24) is 9.97 Å². The van der Waals surface area contributed by atoms with Crippen LogP contribution in [0.25, 0.3) is 11.3 Å². The Balaban J connectivity index is 2.48. The Bertz CT molecular complexity index is 445.